The number of aryl methyl sites for hydroxylation is 3. The predicted molar refractivity (Wildman–Crippen MR) is 90.0 cm³/mol. The van der Waals surface area contributed by atoms with E-state index in [2.05, 4.69) is 67.0 Å². The molecule has 0 radical (unpaired) electrons. The van der Waals surface area contributed by atoms with Gasteiger partial charge in [0.15, 0.2) is 5.58 Å². The number of nitrogens with zero attached hydrogens (tertiary/aromatic N) is 2. The van der Waals surface area contributed by atoms with Gasteiger partial charge in [0.25, 0.3) is 0 Å². The van der Waals surface area contributed by atoms with Crippen LogP contribution in [-0.2, 0) is 13.5 Å². The molecule has 2 heterocycles. The van der Waals surface area contributed by atoms with Crippen molar-refractivity contribution in [2.24, 2.45) is 7.05 Å². The summed E-state index contributed by atoms with van der Waals surface area (Å²) in [7, 11) is 2.05. The molecule has 4 rings (SSSR count). The maximum absolute atomic E-state index is 6.03. The molecule has 0 aliphatic carbocycles. The van der Waals surface area contributed by atoms with Crippen molar-refractivity contribution in [3.05, 3.63) is 53.7 Å². The Hall–Kier alpha value is -2.55. The quantitative estimate of drug-likeness (QED) is 0.528. The minimum atomic E-state index is 0.694. The van der Waals surface area contributed by atoms with Crippen LogP contribution >= 0.6 is 0 Å². The molecule has 0 aliphatic rings. The van der Waals surface area contributed by atoms with E-state index >= 15 is 0 Å². The lowest BCUT2D eigenvalue weighted by atomic mass is 10.1. The van der Waals surface area contributed by atoms with E-state index in [9.17, 15) is 0 Å². The number of fused-ring (bicyclic) bond motifs is 2. The topological polar surface area (TPSA) is 31.0 Å². The van der Waals surface area contributed by atoms with Gasteiger partial charge < -0.3 is 8.98 Å². The Bertz CT molecular complexity index is 991. The normalized spacial score (nSPS) is 11.6. The molecule has 4 aromatic rings. The lowest BCUT2D eigenvalue weighted by Gasteiger charge is -1.97. The van der Waals surface area contributed by atoms with Gasteiger partial charge in [-0.05, 0) is 43.2 Å². The maximum atomic E-state index is 6.03. The van der Waals surface area contributed by atoms with Crippen molar-refractivity contribution in [2.75, 3.05) is 0 Å². The summed E-state index contributed by atoms with van der Waals surface area (Å²) in [5.74, 6) is 0.694. The average molecular weight is 290 g/mol. The number of oxazole rings is 1. The van der Waals surface area contributed by atoms with Gasteiger partial charge in [-0.2, -0.15) is 0 Å². The van der Waals surface area contributed by atoms with Crippen LogP contribution in [0.1, 0.15) is 18.1 Å². The molecule has 0 saturated carbocycles. The third kappa shape index (κ3) is 1.93. The first-order chi connectivity index (χ1) is 10.7. The van der Waals surface area contributed by atoms with Crippen molar-refractivity contribution in [1.29, 1.82) is 0 Å². The minimum Gasteiger partial charge on any atom is -0.436 e. The fraction of sp³-hybridized carbons (Fsp3) is 0.211. The molecular weight excluding hydrogens is 272 g/mol. The van der Waals surface area contributed by atoms with Crippen LogP contribution in [0.5, 0.6) is 0 Å². The molecule has 0 unspecified atom stereocenters. The molecule has 0 aliphatic heterocycles. The zero-order chi connectivity index (χ0) is 15.3. The summed E-state index contributed by atoms with van der Waals surface area (Å²) >= 11 is 0. The van der Waals surface area contributed by atoms with E-state index in [0.29, 0.717) is 5.89 Å². The van der Waals surface area contributed by atoms with Gasteiger partial charge >= 0.3 is 0 Å². The Morgan fingerprint density at radius 3 is 2.82 bits per heavy atom. The van der Waals surface area contributed by atoms with Crippen LogP contribution in [0.2, 0.25) is 0 Å². The molecule has 3 heteroatoms. The van der Waals surface area contributed by atoms with E-state index in [1.807, 2.05) is 6.07 Å². The number of hydrogen-bond donors (Lipinski definition) is 0. The molecule has 0 fully saturated rings. The highest BCUT2D eigenvalue weighted by Gasteiger charge is 2.14. The Labute approximate surface area is 129 Å². The smallest absolute Gasteiger partial charge is 0.229 e. The summed E-state index contributed by atoms with van der Waals surface area (Å²) in [6.45, 7) is 4.25. The van der Waals surface area contributed by atoms with Gasteiger partial charge in [0.1, 0.15) is 5.52 Å². The van der Waals surface area contributed by atoms with Gasteiger partial charge in [-0.25, -0.2) is 4.98 Å². The van der Waals surface area contributed by atoms with Crippen LogP contribution in [0.4, 0.5) is 0 Å². The minimum absolute atomic E-state index is 0.694. The second kappa shape index (κ2) is 4.73. The molecule has 0 saturated heterocycles. The van der Waals surface area contributed by atoms with E-state index < -0.39 is 0 Å². The van der Waals surface area contributed by atoms with E-state index in [1.165, 1.54) is 22.0 Å². The van der Waals surface area contributed by atoms with E-state index in [1.54, 1.807) is 0 Å². The molecule has 2 aromatic carbocycles. The van der Waals surface area contributed by atoms with Crippen molar-refractivity contribution in [3.8, 4) is 11.5 Å². The Kier molecular flexibility index (Phi) is 2.83. The number of aromatic nitrogens is 2. The fourth-order valence-corrected chi connectivity index (χ4v) is 2.98. The molecule has 0 spiro atoms. The largest absolute Gasteiger partial charge is 0.436 e. The number of rotatable bonds is 2. The van der Waals surface area contributed by atoms with Gasteiger partial charge in [-0.3, -0.25) is 0 Å². The summed E-state index contributed by atoms with van der Waals surface area (Å²) in [6, 6.07) is 12.7. The van der Waals surface area contributed by atoms with Crippen molar-refractivity contribution >= 4 is 22.0 Å². The standard InChI is InChI=1S/C19H18N2O/c1-4-13-6-7-16-18(10-13)22-19(20-16)15-11-21(3)17-8-5-12(2)9-14(15)17/h5-11H,4H2,1-3H3. The number of hydrogen-bond acceptors (Lipinski definition) is 2. The zero-order valence-electron chi connectivity index (χ0n) is 13.1. The molecule has 0 atom stereocenters. The zero-order valence-corrected chi connectivity index (χ0v) is 13.1. The summed E-state index contributed by atoms with van der Waals surface area (Å²) in [4.78, 5) is 4.67. The first-order valence-corrected chi connectivity index (χ1v) is 7.61. The van der Waals surface area contributed by atoms with E-state index in [4.69, 9.17) is 4.42 Å². The maximum Gasteiger partial charge on any atom is 0.229 e. The summed E-state index contributed by atoms with van der Waals surface area (Å²) in [6.07, 6.45) is 3.09. The first kappa shape index (κ1) is 13.1. The Balaban J connectivity index is 1.96. The molecule has 110 valence electrons. The lowest BCUT2D eigenvalue weighted by Crippen LogP contribution is -1.82. The second-order valence-electron chi connectivity index (χ2n) is 5.85. The molecule has 22 heavy (non-hydrogen) atoms. The van der Waals surface area contributed by atoms with E-state index in [-0.39, 0.29) is 0 Å². The Morgan fingerprint density at radius 1 is 1.14 bits per heavy atom. The van der Waals surface area contributed by atoms with Gasteiger partial charge in [0.05, 0.1) is 5.56 Å². The van der Waals surface area contributed by atoms with Crippen LogP contribution in [0.25, 0.3) is 33.5 Å². The summed E-state index contributed by atoms with van der Waals surface area (Å²) in [5.41, 5.74) is 6.52. The van der Waals surface area contributed by atoms with Crippen LogP contribution in [-0.4, -0.2) is 9.55 Å². The van der Waals surface area contributed by atoms with Crippen molar-refractivity contribution in [3.63, 3.8) is 0 Å². The monoisotopic (exact) mass is 290 g/mol. The SMILES string of the molecule is CCc1ccc2nc(-c3cn(C)c4ccc(C)cc34)oc2c1. The van der Waals surface area contributed by atoms with Gasteiger partial charge in [-0.15, -0.1) is 0 Å². The number of benzene rings is 2. The highest BCUT2D eigenvalue weighted by molar-refractivity contribution is 5.95. The molecular formula is C19H18N2O. The van der Waals surface area contributed by atoms with Crippen LogP contribution in [0.15, 0.2) is 47.0 Å². The second-order valence-corrected chi connectivity index (χ2v) is 5.85. The molecule has 2 aromatic heterocycles. The average Bonchev–Trinajstić information content (AvgIpc) is 3.07. The van der Waals surface area contributed by atoms with Gasteiger partial charge in [-0.1, -0.05) is 24.6 Å². The lowest BCUT2D eigenvalue weighted by molar-refractivity contribution is 0.620. The molecule has 0 N–H and O–H groups in total. The third-order valence-electron chi connectivity index (χ3n) is 4.24. The van der Waals surface area contributed by atoms with Gasteiger partial charge in [0, 0.05) is 24.1 Å². The summed E-state index contributed by atoms with van der Waals surface area (Å²) < 4.78 is 8.15. The third-order valence-corrected chi connectivity index (χ3v) is 4.24. The van der Waals surface area contributed by atoms with Crippen LogP contribution in [0.3, 0.4) is 0 Å². The predicted octanol–water partition coefficient (Wildman–Crippen LogP) is 4.86. The molecule has 0 bridgehead atoms. The van der Waals surface area contributed by atoms with Crippen LogP contribution < -0.4 is 0 Å². The summed E-state index contributed by atoms with van der Waals surface area (Å²) in [5, 5.41) is 1.18. The first-order valence-electron chi connectivity index (χ1n) is 7.61. The molecule has 3 nitrogen and oxygen atoms in total. The fourth-order valence-electron chi connectivity index (χ4n) is 2.98. The highest BCUT2D eigenvalue weighted by Crippen LogP contribution is 2.32. The molecule has 0 amide bonds. The van der Waals surface area contributed by atoms with Crippen molar-refractivity contribution < 1.29 is 4.42 Å². The highest BCUT2D eigenvalue weighted by atomic mass is 16.3. The van der Waals surface area contributed by atoms with Crippen molar-refractivity contribution in [2.45, 2.75) is 20.3 Å². The van der Waals surface area contributed by atoms with Gasteiger partial charge in [0.2, 0.25) is 5.89 Å². The van der Waals surface area contributed by atoms with E-state index in [0.717, 1.165) is 23.1 Å². The van der Waals surface area contributed by atoms with Crippen molar-refractivity contribution in [1.82, 2.24) is 9.55 Å². The van der Waals surface area contributed by atoms with Crippen LogP contribution in [0, 0.1) is 6.92 Å². The Morgan fingerprint density at radius 2 is 2.00 bits per heavy atom.